The number of hydrogen-bond acceptors (Lipinski definition) is 2. The van der Waals surface area contributed by atoms with Crippen LogP contribution in [0.2, 0.25) is 0 Å². The molecule has 2 aliphatic rings. The normalized spacial score (nSPS) is 30.8. The predicted molar refractivity (Wildman–Crippen MR) is 84.4 cm³/mol. The summed E-state index contributed by atoms with van der Waals surface area (Å²) < 4.78 is 27.9. The summed E-state index contributed by atoms with van der Waals surface area (Å²) in [6.45, 7) is 10.6. The third kappa shape index (κ3) is 2.34. The highest BCUT2D eigenvalue weighted by molar-refractivity contribution is 7.89. The Morgan fingerprint density at radius 3 is 2.33 bits per heavy atom. The van der Waals surface area contributed by atoms with Crippen LogP contribution in [0.3, 0.4) is 0 Å². The monoisotopic (exact) mass is 305 g/mol. The summed E-state index contributed by atoms with van der Waals surface area (Å²) in [5.74, 6) is 0.825. The van der Waals surface area contributed by atoms with E-state index in [1.807, 2.05) is 19.1 Å². The van der Waals surface area contributed by atoms with Crippen LogP contribution in [-0.4, -0.2) is 14.5 Å². The lowest BCUT2D eigenvalue weighted by atomic mass is 9.72. The summed E-state index contributed by atoms with van der Waals surface area (Å²) in [5, 5.41) is 0. The Hall–Kier alpha value is -1.13. The van der Waals surface area contributed by atoms with Crippen LogP contribution in [0.25, 0.3) is 0 Å². The van der Waals surface area contributed by atoms with Crippen molar-refractivity contribution in [2.45, 2.75) is 44.6 Å². The summed E-state index contributed by atoms with van der Waals surface area (Å²) in [6.07, 6.45) is 1.98. The van der Waals surface area contributed by atoms with Crippen LogP contribution in [0, 0.1) is 24.2 Å². The molecule has 114 valence electrons. The minimum Gasteiger partial charge on any atom is -0.207 e. The highest BCUT2D eigenvalue weighted by atomic mass is 32.2. The van der Waals surface area contributed by atoms with Crippen LogP contribution >= 0.6 is 0 Å². The number of fused-ring (bicyclic) bond motifs is 2. The number of sulfonamides is 1. The molecule has 3 rings (SSSR count). The van der Waals surface area contributed by atoms with Crippen molar-refractivity contribution in [2.75, 3.05) is 0 Å². The van der Waals surface area contributed by atoms with Gasteiger partial charge in [0.05, 0.1) is 4.90 Å². The number of rotatable bonds is 3. The van der Waals surface area contributed by atoms with Crippen LogP contribution in [0.4, 0.5) is 0 Å². The zero-order valence-corrected chi connectivity index (χ0v) is 13.7. The molecule has 0 saturated heterocycles. The topological polar surface area (TPSA) is 46.2 Å². The van der Waals surface area contributed by atoms with E-state index in [0.29, 0.717) is 10.8 Å². The van der Waals surface area contributed by atoms with Crippen LogP contribution in [0.5, 0.6) is 0 Å². The van der Waals surface area contributed by atoms with E-state index in [2.05, 4.69) is 25.1 Å². The standard InChI is InChI=1S/C17H23NO2S/c1-11-5-7-14(8-6-11)21(19,20)18-16-10-13-9-15(16)12(2)17(13,3)4/h5-8,13,15-16,18H,2,9-10H2,1,3-4H3/t13-,15+,16+/m1/s1. The summed E-state index contributed by atoms with van der Waals surface area (Å²) in [4.78, 5) is 0.348. The molecule has 21 heavy (non-hydrogen) atoms. The van der Waals surface area contributed by atoms with Gasteiger partial charge in [0.25, 0.3) is 0 Å². The van der Waals surface area contributed by atoms with E-state index in [-0.39, 0.29) is 17.4 Å². The average molecular weight is 305 g/mol. The maximum Gasteiger partial charge on any atom is 0.240 e. The molecule has 1 N–H and O–H groups in total. The Morgan fingerprint density at radius 2 is 1.81 bits per heavy atom. The van der Waals surface area contributed by atoms with Gasteiger partial charge >= 0.3 is 0 Å². The zero-order valence-electron chi connectivity index (χ0n) is 12.9. The van der Waals surface area contributed by atoms with Crippen LogP contribution in [0.1, 0.15) is 32.3 Å². The first-order valence-corrected chi connectivity index (χ1v) is 8.98. The van der Waals surface area contributed by atoms with Crippen molar-refractivity contribution in [3.05, 3.63) is 42.0 Å². The number of benzene rings is 1. The van der Waals surface area contributed by atoms with E-state index in [4.69, 9.17) is 0 Å². The molecule has 0 spiro atoms. The largest absolute Gasteiger partial charge is 0.240 e. The van der Waals surface area contributed by atoms with Crippen molar-refractivity contribution >= 4 is 10.0 Å². The lowest BCUT2D eigenvalue weighted by molar-refractivity contribution is 0.269. The molecule has 0 amide bonds. The van der Waals surface area contributed by atoms with E-state index >= 15 is 0 Å². The van der Waals surface area contributed by atoms with Gasteiger partial charge in [0, 0.05) is 6.04 Å². The van der Waals surface area contributed by atoms with Crippen molar-refractivity contribution in [2.24, 2.45) is 17.3 Å². The fraction of sp³-hybridized carbons (Fsp3) is 0.529. The Kier molecular flexibility index (Phi) is 3.30. The van der Waals surface area contributed by atoms with E-state index < -0.39 is 10.0 Å². The molecular formula is C17H23NO2S. The molecular weight excluding hydrogens is 282 g/mol. The van der Waals surface area contributed by atoms with E-state index in [1.54, 1.807) is 12.1 Å². The second kappa shape index (κ2) is 4.68. The first-order chi connectivity index (χ1) is 9.72. The summed E-state index contributed by atoms with van der Waals surface area (Å²) in [6, 6.07) is 7.00. The maximum atomic E-state index is 12.5. The third-order valence-electron chi connectivity index (χ3n) is 5.50. The SMILES string of the molecule is C=C1[C@@H]2C[C@H](C[C@@H]2NS(=O)(=O)c2ccc(C)cc2)C1(C)C. The minimum absolute atomic E-state index is 0.00169. The second-order valence-corrected chi connectivity index (χ2v) is 8.78. The van der Waals surface area contributed by atoms with Crippen LogP contribution in [0.15, 0.2) is 41.3 Å². The smallest absolute Gasteiger partial charge is 0.207 e. The second-order valence-electron chi connectivity index (χ2n) is 7.06. The van der Waals surface area contributed by atoms with Gasteiger partial charge in [-0.1, -0.05) is 43.7 Å². The van der Waals surface area contributed by atoms with E-state index in [0.717, 1.165) is 18.4 Å². The summed E-state index contributed by atoms with van der Waals surface area (Å²) in [7, 11) is -3.43. The van der Waals surface area contributed by atoms with Crippen LogP contribution < -0.4 is 4.72 Å². The molecule has 1 aromatic rings. The first-order valence-electron chi connectivity index (χ1n) is 7.50. The molecule has 1 aromatic carbocycles. The van der Waals surface area contributed by atoms with Gasteiger partial charge in [-0.25, -0.2) is 13.1 Å². The quantitative estimate of drug-likeness (QED) is 0.871. The van der Waals surface area contributed by atoms with Crippen molar-refractivity contribution in [1.29, 1.82) is 0 Å². The Morgan fingerprint density at radius 1 is 1.19 bits per heavy atom. The summed E-state index contributed by atoms with van der Waals surface area (Å²) in [5.41, 5.74) is 2.41. The lowest BCUT2D eigenvalue weighted by Crippen LogP contribution is -2.42. The van der Waals surface area contributed by atoms with Crippen molar-refractivity contribution in [3.8, 4) is 0 Å². The van der Waals surface area contributed by atoms with Gasteiger partial charge in [0.1, 0.15) is 0 Å². The van der Waals surface area contributed by atoms with Gasteiger partial charge in [-0.15, -0.1) is 0 Å². The maximum absolute atomic E-state index is 12.5. The molecule has 0 heterocycles. The fourth-order valence-electron chi connectivity index (χ4n) is 3.87. The molecule has 4 heteroatoms. The van der Waals surface area contributed by atoms with Gasteiger partial charge in [0.2, 0.25) is 10.0 Å². The number of hydrogen-bond donors (Lipinski definition) is 1. The Bertz CT molecular complexity index is 673. The molecule has 2 bridgehead atoms. The highest BCUT2D eigenvalue weighted by Crippen LogP contribution is 2.58. The van der Waals surface area contributed by atoms with Gasteiger partial charge in [-0.2, -0.15) is 0 Å². The highest BCUT2D eigenvalue weighted by Gasteiger charge is 2.53. The van der Waals surface area contributed by atoms with E-state index in [1.165, 1.54) is 5.57 Å². The molecule has 2 saturated carbocycles. The molecule has 0 aromatic heterocycles. The van der Waals surface area contributed by atoms with Crippen LogP contribution in [-0.2, 0) is 10.0 Å². The molecule has 0 aliphatic heterocycles. The zero-order chi connectivity index (χ0) is 15.4. The molecule has 0 unspecified atom stereocenters. The van der Waals surface area contributed by atoms with Crippen molar-refractivity contribution in [1.82, 2.24) is 4.72 Å². The van der Waals surface area contributed by atoms with Gasteiger partial charge in [0.15, 0.2) is 0 Å². The first kappa shape index (κ1) is 14.8. The van der Waals surface area contributed by atoms with Crippen molar-refractivity contribution < 1.29 is 8.42 Å². The molecule has 2 aliphatic carbocycles. The van der Waals surface area contributed by atoms with Gasteiger partial charge < -0.3 is 0 Å². The van der Waals surface area contributed by atoms with Gasteiger partial charge in [-0.05, 0) is 49.1 Å². The van der Waals surface area contributed by atoms with Crippen molar-refractivity contribution in [3.63, 3.8) is 0 Å². The fourth-order valence-corrected chi connectivity index (χ4v) is 5.16. The molecule has 3 atom stereocenters. The number of aryl methyl sites for hydroxylation is 1. The molecule has 0 radical (unpaired) electrons. The van der Waals surface area contributed by atoms with E-state index in [9.17, 15) is 8.42 Å². The predicted octanol–water partition coefficient (Wildman–Crippen LogP) is 3.26. The molecule has 2 fully saturated rings. The Labute approximate surface area is 127 Å². The Balaban J connectivity index is 1.79. The summed E-state index contributed by atoms with van der Waals surface area (Å²) >= 11 is 0. The lowest BCUT2D eigenvalue weighted by Gasteiger charge is -2.36. The third-order valence-corrected chi connectivity index (χ3v) is 7.00. The average Bonchev–Trinajstić information content (AvgIpc) is 2.89. The number of nitrogens with one attached hydrogen (secondary N) is 1. The molecule has 3 nitrogen and oxygen atoms in total. The minimum atomic E-state index is -3.43. The van der Waals surface area contributed by atoms with Gasteiger partial charge in [-0.3, -0.25) is 0 Å².